The Hall–Kier alpha value is -1.98. The second-order valence-corrected chi connectivity index (χ2v) is 4.66. The quantitative estimate of drug-likeness (QED) is 0.852. The Kier molecular flexibility index (Phi) is 3.50. The minimum atomic E-state index is -4.38. The van der Waals surface area contributed by atoms with Gasteiger partial charge in [-0.2, -0.15) is 18.3 Å². The van der Waals surface area contributed by atoms with E-state index in [1.54, 1.807) is 0 Å². The van der Waals surface area contributed by atoms with Gasteiger partial charge in [0.15, 0.2) is 0 Å². The van der Waals surface area contributed by atoms with Crippen molar-refractivity contribution in [3.63, 3.8) is 0 Å². The largest absolute Gasteiger partial charge is 0.416 e. The summed E-state index contributed by atoms with van der Waals surface area (Å²) in [6.45, 7) is 6.37. The molecule has 1 aromatic heterocycles. The second kappa shape index (κ2) is 4.85. The van der Waals surface area contributed by atoms with Gasteiger partial charge in [-0.15, -0.1) is 0 Å². The first-order chi connectivity index (χ1) is 9.25. The topological polar surface area (TPSA) is 43.8 Å². The molecule has 2 rings (SSSR count). The molecule has 0 saturated carbocycles. The van der Waals surface area contributed by atoms with Crippen LogP contribution in [0.2, 0.25) is 0 Å². The molecule has 2 N–H and O–H groups in total. The fourth-order valence-electron chi connectivity index (χ4n) is 2.36. The van der Waals surface area contributed by atoms with Crippen molar-refractivity contribution in [2.75, 3.05) is 5.73 Å². The van der Waals surface area contributed by atoms with Crippen molar-refractivity contribution >= 4 is 5.69 Å². The van der Waals surface area contributed by atoms with Gasteiger partial charge in [-0.1, -0.05) is 6.07 Å². The van der Waals surface area contributed by atoms with Gasteiger partial charge in [-0.05, 0) is 32.9 Å². The Balaban J connectivity index is 2.57. The van der Waals surface area contributed by atoms with Crippen LogP contribution in [0.4, 0.5) is 18.9 Å². The molecule has 0 atom stereocenters. The summed E-state index contributed by atoms with van der Waals surface area (Å²) in [4.78, 5) is 0. The molecule has 0 saturated heterocycles. The third kappa shape index (κ3) is 2.37. The summed E-state index contributed by atoms with van der Waals surface area (Å²) in [5.74, 6) is 0. The third-order valence-electron chi connectivity index (χ3n) is 3.33. The van der Waals surface area contributed by atoms with Crippen molar-refractivity contribution in [3.8, 4) is 11.1 Å². The van der Waals surface area contributed by atoms with Crippen LogP contribution in [0.15, 0.2) is 18.2 Å². The Morgan fingerprint density at radius 1 is 1.25 bits per heavy atom. The number of halogens is 3. The van der Waals surface area contributed by atoms with Crippen molar-refractivity contribution < 1.29 is 13.2 Å². The summed E-state index contributed by atoms with van der Waals surface area (Å²) >= 11 is 0. The maximum Gasteiger partial charge on any atom is 0.416 e. The monoisotopic (exact) mass is 283 g/mol. The lowest BCUT2D eigenvalue weighted by atomic mass is 10.00. The lowest BCUT2D eigenvalue weighted by Gasteiger charge is -2.11. The maximum atomic E-state index is 12.6. The first kappa shape index (κ1) is 14.4. The standard InChI is InChI=1S/C14H16F3N3/c1-4-20-9(3)13(8(2)19-20)11-6-5-10(7-12(11)18)14(15,16)17/h5-7H,4,18H2,1-3H3. The number of alkyl halides is 3. The van der Waals surface area contributed by atoms with Crippen LogP contribution < -0.4 is 5.73 Å². The highest BCUT2D eigenvalue weighted by Crippen LogP contribution is 2.36. The van der Waals surface area contributed by atoms with E-state index in [0.717, 1.165) is 29.1 Å². The number of nitrogens with two attached hydrogens (primary N) is 1. The van der Waals surface area contributed by atoms with Gasteiger partial charge in [0.05, 0.1) is 11.3 Å². The van der Waals surface area contributed by atoms with Gasteiger partial charge in [-0.3, -0.25) is 4.68 Å². The normalized spacial score (nSPS) is 11.9. The highest BCUT2D eigenvalue weighted by atomic mass is 19.4. The van der Waals surface area contributed by atoms with E-state index in [4.69, 9.17) is 5.73 Å². The van der Waals surface area contributed by atoms with Gasteiger partial charge in [0, 0.05) is 29.1 Å². The van der Waals surface area contributed by atoms with E-state index in [-0.39, 0.29) is 5.69 Å². The molecule has 0 aliphatic heterocycles. The van der Waals surface area contributed by atoms with E-state index in [1.165, 1.54) is 6.07 Å². The van der Waals surface area contributed by atoms with Gasteiger partial charge >= 0.3 is 6.18 Å². The zero-order valence-corrected chi connectivity index (χ0v) is 11.5. The number of anilines is 1. The second-order valence-electron chi connectivity index (χ2n) is 4.66. The van der Waals surface area contributed by atoms with Crippen LogP contribution in [0.25, 0.3) is 11.1 Å². The smallest absolute Gasteiger partial charge is 0.398 e. The summed E-state index contributed by atoms with van der Waals surface area (Å²) in [7, 11) is 0. The first-order valence-electron chi connectivity index (χ1n) is 6.26. The Morgan fingerprint density at radius 2 is 1.90 bits per heavy atom. The molecule has 2 aromatic rings. The number of nitrogen functional groups attached to an aromatic ring is 1. The molecule has 0 amide bonds. The molecule has 0 aliphatic rings. The maximum absolute atomic E-state index is 12.6. The van der Waals surface area contributed by atoms with Crippen LogP contribution in [0, 0.1) is 13.8 Å². The average molecular weight is 283 g/mol. The molecule has 108 valence electrons. The van der Waals surface area contributed by atoms with E-state index in [1.807, 2.05) is 25.5 Å². The van der Waals surface area contributed by atoms with Crippen LogP contribution in [-0.4, -0.2) is 9.78 Å². The minimum absolute atomic E-state index is 0.113. The molecule has 20 heavy (non-hydrogen) atoms. The average Bonchev–Trinajstić information content (AvgIpc) is 2.63. The van der Waals surface area contributed by atoms with Crippen molar-refractivity contribution in [1.82, 2.24) is 9.78 Å². The van der Waals surface area contributed by atoms with Gasteiger partial charge in [-0.25, -0.2) is 0 Å². The summed E-state index contributed by atoms with van der Waals surface area (Å²) in [6.07, 6.45) is -4.38. The van der Waals surface area contributed by atoms with Crippen molar-refractivity contribution in [2.24, 2.45) is 0 Å². The predicted molar refractivity (Wildman–Crippen MR) is 72.2 cm³/mol. The number of hydrogen-bond acceptors (Lipinski definition) is 2. The van der Waals surface area contributed by atoms with Crippen LogP contribution in [0.5, 0.6) is 0 Å². The third-order valence-corrected chi connectivity index (χ3v) is 3.33. The summed E-state index contributed by atoms with van der Waals surface area (Å²) in [5, 5.41) is 4.36. The van der Waals surface area contributed by atoms with Gasteiger partial charge in [0.2, 0.25) is 0 Å². The van der Waals surface area contributed by atoms with Crippen molar-refractivity contribution in [3.05, 3.63) is 35.2 Å². The lowest BCUT2D eigenvalue weighted by Crippen LogP contribution is -2.06. The number of aryl methyl sites for hydroxylation is 2. The fraction of sp³-hybridized carbons (Fsp3) is 0.357. The van der Waals surface area contributed by atoms with E-state index in [0.29, 0.717) is 12.1 Å². The number of nitrogens with zero attached hydrogens (tertiary/aromatic N) is 2. The molecule has 3 nitrogen and oxygen atoms in total. The molecule has 0 spiro atoms. The number of hydrogen-bond donors (Lipinski definition) is 1. The predicted octanol–water partition coefficient (Wildman–Crippen LogP) is 3.79. The van der Waals surface area contributed by atoms with Crippen LogP contribution in [-0.2, 0) is 12.7 Å². The zero-order chi connectivity index (χ0) is 15.1. The Bertz CT molecular complexity index is 642. The molecule has 0 fully saturated rings. The number of rotatable bonds is 2. The van der Waals surface area contributed by atoms with E-state index in [9.17, 15) is 13.2 Å². The van der Waals surface area contributed by atoms with Crippen LogP contribution >= 0.6 is 0 Å². The zero-order valence-electron chi connectivity index (χ0n) is 11.5. The fourth-order valence-corrected chi connectivity index (χ4v) is 2.36. The summed E-state index contributed by atoms with van der Waals surface area (Å²) in [6, 6.07) is 3.43. The van der Waals surface area contributed by atoms with Crippen LogP contribution in [0.3, 0.4) is 0 Å². The first-order valence-corrected chi connectivity index (χ1v) is 6.26. The van der Waals surface area contributed by atoms with Crippen molar-refractivity contribution in [1.29, 1.82) is 0 Å². The Labute approximate surface area is 115 Å². The van der Waals surface area contributed by atoms with Crippen molar-refractivity contribution in [2.45, 2.75) is 33.5 Å². The van der Waals surface area contributed by atoms with Gasteiger partial charge < -0.3 is 5.73 Å². The molecular weight excluding hydrogens is 267 g/mol. The molecular formula is C14H16F3N3. The molecule has 1 heterocycles. The lowest BCUT2D eigenvalue weighted by molar-refractivity contribution is -0.137. The number of aromatic nitrogens is 2. The Morgan fingerprint density at radius 3 is 2.35 bits per heavy atom. The van der Waals surface area contributed by atoms with E-state index in [2.05, 4.69) is 5.10 Å². The molecule has 0 bridgehead atoms. The molecule has 1 aromatic carbocycles. The minimum Gasteiger partial charge on any atom is -0.398 e. The molecule has 0 aliphatic carbocycles. The van der Waals surface area contributed by atoms with Gasteiger partial charge in [0.25, 0.3) is 0 Å². The van der Waals surface area contributed by atoms with Crippen LogP contribution in [0.1, 0.15) is 23.9 Å². The number of benzene rings is 1. The highest BCUT2D eigenvalue weighted by Gasteiger charge is 2.31. The van der Waals surface area contributed by atoms with E-state index >= 15 is 0 Å². The summed E-state index contributed by atoms with van der Waals surface area (Å²) in [5.41, 5.74) is 8.23. The molecule has 6 heteroatoms. The molecule has 0 radical (unpaired) electrons. The van der Waals surface area contributed by atoms with Gasteiger partial charge in [0.1, 0.15) is 0 Å². The summed E-state index contributed by atoms with van der Waals surface area (Å²) < 4.78 is 39.7. The van der Waals surface area contributed by atoms with E-state index < -0.39 is 11.7 Å². The SMILES string of the molecule is CCn1nc(C)c(-c2ccc(C(F)(F)F)cc2N)c1C. The molecule has 0 unspecified atom stereocenters. The highest BCUT2D eigenvalue weighted by molar-refractivity contribution is 5.79.